The van der Waals surface area contributed by atoms with E-state index < -0.39 is 0 Å². The highest BCUT2D eigenvalue weighted by Gasteiger charge is 2.27. The number of amides is 3. The molecule has 1 atom stereocenters. The third-order valence-corrected chi connectivity index (χ3v) is 5.67. The number of nitrogens with two attached hydrogens (primary N) is 1. The molecule has 9 nitrogen and oxygen atoms in total. The molecule has 0 spiro atoms. The predicted octanol–water partition coefficient (Wildman–Crippen LogP) is 2.08. The average Bonchev–Trinajstić information content (AvgIpc) is 3.20. The second kappa shape index (κ2) is 8.80. The Bertz CT molecular complexity index is 1180. The zero-order chi connectivity index (χ0) is 22.8. The number of fused-ring (bicyclic) bond motifs is 3. The monoisotopic (exact) mass is 434 g/mol. The normalized spacial score (nSPS) is 15.2. The fourth-order valence-corrected chi connectivity index (χ4v) is 3.90. The lowest BCUT2D eigenvalue weighted by Gasteiger charge is -2.19. The van der Waals surface area contributed by atoms with E-state index in [1.165, 1.54) is 6.20 Å². The maximum Gasteiger partial charge on any atom is 0.272 e. The molecule has 0 fully saturated rings. The number of anilines is 1. The molecule has 1 unspecified atom stereocenters. The van der Waals surface area contributed by atoms with Gasteiger partial charge >= 0.3 is 0 Å². The van der Waals surface area contributed by atoms with Crippen LogP contribution in [0.1, 0.15) is 56.2 Å². The lowest BCUT2D eigenvalue weighted by atomic mass is 9.93. The fraction of sp³-hybridized carbons (Fsp3) is 0.304. The van der Waals surface area contributed by atoms with Crippen LogP contribution in [-0.2, 0) is 0 Å². The predicted molar refractivity (Wildman–Crippen MR) is 122 cm³/mol. The van der Waals surface area contributed by atoms with Crippen molar-refractivity contribution in [3.63, 3.8) is 0 Å². The molecule has 1 aliphatic rings. The van der Waals surface area contributed by atoms with Gasteiger partial charge in [0.1, 0.15) is 11.4 Å². The van der Waals surface area contributed by atoms with Gasteiger partial charge in [-0.25, -0.2) is 4.98 Å². The number of carbonyl (C=O) groups is 3. The lowest BCUT2D eigenvalue weighted by molar-refractivity contribution is 0.0788. The number of nitrogens with zero attached hydrogens (tertiary/aromatic N) is 2. The van der Waals surface area contributed by atoms with Crippen molar-refractivity contribution in [3.8, 4) is 0 Å². The van der Waals surface area contributed by atoms with Gasteiger partial charge in [0, 0.05) is 42.5 Å². The SMILES string of the molecule is CC1CNC(=O)c2[nH]c3ccc(C(=O)Nc4ccc(C(=O)N(C)CCCN)nc4)cc3c21. The van der Waals surface area contributed by atoms with Crippen LogP contribution in [0.4, 0.5) is 5.69 Å². The summed E-state index contributed by atoms with van der Waals surface area (Å²) in [5.74, 6) is -0.477. The maximum absolute atomic E-state index is 12.8. The van der Waals surface area contributed by atoms with Crippen molar-refractivity contribution in [3.05, 3.63) is 59.0 Å². The third-order valence-electron chi connectivity index (χ3n) is 5.67. The van der Waals surface area contributed by atoms with Crippen LogP contribution in [-0.4, -0.2) is 59.3 Å². The number of aromatic nitrogens is 2. The molecule has 166 valence electrons. The van der Waals surface area contributed by atoms with Crippen LogP contribution in [0.2, 0.25) is 0 Å². The molecular formula is C23H26N6O3. The summed E-state index contributed by atoms with van der Waals surface area (Å²) in [6, 6.07) is 8.55. The van der Waals surface area contributed by atoms with Crippen LogP contribution in [0.25, 0.3) is 10.9 Å². The van der Waals surface area contributed by atoms with Crippen LogP contribution in [0, 0.1) is 0 Å². The number of hydrogen-bond donors (Lipinski definition) is 4. The average molecular weight is 435 g/mol. The number of pyridine rings is 1. The second-order valence-electron chi connectivity index (χ2n) is 8.04. The Kier molecular flexibility index (Phi) is 5.91. The van der Waals surface area contributed by atoms with E-state index in [2.05, 4.69) is 20.6 Å². The van der Waals surface area contributed by atoms with Crippen molar-refractivity contribution in [2.75, 3.05) is 32.0 Å². The van der Waals surface area contributed by atoms with Crippen molar-refractivity contribution in [2.24, 2.45) is 5.73 Å². The summed E-state index contributed by atoms with van der Waals surface area (Å²) < 4.78 is 0. The van der Waals surface area contributed by atoms with E-state index in [0.717, 1.165) is 16.5 Å². The first kappa shape index (κ1) is 21.5. The Morgan fingerprint density at radius 2 is 2.09 bits per heavy atom. The Labute approximate surface area is 185 Å². The first-order valence-corrected chi connectivity index (χ1v) is 10.6. The van der Waals surface area contributed by atoms with Gasteiger partial charge in [-0.05, 0) is 48.9 Å². The van der Waals surface area contributed by atoms with E-state index in [4.69, 9.17) is 5.73 Å². The first-order valence-electron chi connectivity index (χ1n) is 10.6. The number of benzene rings is 1. The Hall–Kier alpha value is -3.72. The largest absolute Gasteiger partial charge is 0.350 e. The topological polar surface area (TPSA) is 133 Å². The molecule has 4 rings (SSSR count). The number of carbonyl (C=O) groups excluding carboxylic acids is 3. The van der Waals surface area contributed by atoms with Gasteiger partial charge in [0.25, 0.3) is 17.7 Å². The minimum atomic E-state index is -0.296. The third kappa shape index (κ3) is 4.06. The van der Waals surface area contributed by atoms with Gasteiger partial charge in [0.2, 0.25) is 0 Å². The van der Waals surface area contributed by atoms with E-state index >= 15 is 0 Å². The van der Waals surface area contributed by atoms with Crippen LogP contribution in [0.15, 0.2) is 36.5 Å². The molecule has 2 aromatic heterocycles. The quantitative estimate of drug-likeness (QED) is 0.471. The van der Waals surface area contributed by atoms with Crippen molar-refractivity contribution in [2.45, 2.75) is 19.3 Å². The summed E-state index contributed by atoms with van der Waals surface area (Å²) in [7, 11) is 1.70. The smallest absolute Gasteiger partial charge is 0.272 e. The molecule has 1 aliphatic heterocycles. The molecule has 3 amide bonds. The molecule has 0 saturated carbocycles. The van der Waals surface area contributed by atoms with Gasteiger partial charge < -0.3 is 26.3 Å². The lowest BCUT2D eigenvalue weighted by Crippen LogP contribution is -2.33. The summed E-state index contributed by atoms with van der Waals surface area (Å²) in [6.45, 7) is 3.67. The standard InChI is InChI=1S/C23H26N6O3/c1-13-11-26-22(31)20-19(13)16-10-14(4-6-17(16)28-20)21(30)27-15-5-7-18(25-12-15)23(32)29(2)9-3-8-24/h4-7,10,12-13,28H,3,8-9,11,24H2,1-2H3,(H,26,31)(H,27,30). The first-order chi connectivity index (χ1) is 15.4. The summed E-state index contributed by atoms with van der Waals surface area (Å²) in [5.41, 5.74) is 9.05. The Morgan fingerprint density at radius 1 is 1.28 bits per heavy atom. The summed E-state index contributed by atoms with van der Waals surface area (Å²) >= 11 is 0. The van der Waals surface area contributed by atoms with Crippen LogP contribution in [0.5, 0.6) is 0 Å². The minimum absolute atomic E-state index is 0.130. The zero-order valence-corrected chi connectivity index (χ0v) is 18.1. The van der Waals surface area contributed by atoms with E-state index in [1.807, 2.05) is 6.92 Å². The molecule has 3 aromatic rings. The van der Waals surface area contributed by atoms with Gasteiger partial charge in [0.15, 0.2) is 0 Å². The number of hydrogen-bond acceptors (Lipinski definition) is 5. The van der Waals surface area contributed by atoms with E-state index in [0.29, 0.717) is 48.7 Å². The van der Waals surface area contributed by atoms with Crippen LogP contribution < -0.4 is 16.4 Å². The van der Waals surface area contributed by atoms with Crippen LogP contribution in [0.3, 0.4) is 0 Å². The van der Waals surface area contributed by atoms with E-state index in [1.54, 1.807) is 42.3 Å². The van der Waals surface area contributed by atoms with E-state index in [-0.39, 0.29) is 23.6 Å². The fourth-order valence-electron chi connectivity index (χ4n) is 3.90. The van der Waals surface area contributed by atoms with Gasteiger partial charge in [-0.1, -0.05) is 6.92 Å². The number of aromatic amines is 1. The molecule has 0 saturated heterocycles. The molecule has 1 aromatic carbocycles. The Morgan fingerprint density at radius 3 is 2.81 bits per heavy atom. The molecule has 5 N–H and O–H groups in total. The van der Waals surface area contributed by atoms with Crippen molar-refractivity contribution in [1.29, 1.82) is 0 Å². The minimum Gasteiger partial charge on any atom is -0.350 e. The summed E-state index contributed by atoms with van der Waals surface area (Å²) in [6.07, 6.45) is 2.18. The number of rotatable bonds is 6. The molecule has 0 aliphatic carbocycles. The molecule has 0 radical (unpaired) electrons. The molecule has 3 heterocycles. The van der Waals surface area contributed by atoms with Gasteiger partial charge in [-0.3, -0.25) is 14.4 Å². The summed E-state index contributed by atoms with van der Waals surface area (Å²) in [5, 5.41) is 6.54. The van der Waals surface area contributed by atoms with Crippen LogP contribution >= 0.6 is 0 Å². The Balaban J connectivity index is 1.51. The molecule has 32 heavy (non-hydrogen) atoms. The molecule has 0 bridgehead atoms. The van der Waals surface area contributed by atoms with Crippen molar-refractivity contribution < 1.29 is 14.4 Å². The molecular weight excluding hydrogens is 408 g/mol. The van der Waals surface area contributed by atoms with E-state index in [9.17, 15) is 14.4 Å². The van der Waals surface area contributed by atoms with Crippen molar-refractivity contribution in [1.82, 2.24) is 20.2 Å². The zero-order valence-electron chi connectivity index (χ0n) is 18.1. The highest BCUT2D eigenvalue weighted by molar-refractivity contribution is 6.08. The molecule has 9 heteroatoms. The highest BCUT2D eigenvalue weighted by atomic mass is 16.2. The number of nitrogens with one attached hydrogen (secondary N) is 3. The number of H-pyrrole nitrogens is 1. The van der Waals surface area contributed by atoms with Crippen molar-refractivity contribution >= 4 is 34.3 Å². The summed E-state index contributed by atoms with van der Waals surface area (Å²) in [4.78, 5) is 46.3. The maximum atomic E-state index is 12.8. The van der Waals surface area contributed by atoms with Gasteiger partial charge in [-0.15, -0.1) is 0 Å². The highest BCUT2D eigenvalue weighted by Crippen LogP contribution is 2.32. The van der Waals surface area contributed by atoms with Gasteiger partial charge in [-0.2, -0.15) is 0 Å². The van der Waals surface area contributed by atoms with Gasteiger partial charge in [0.05, 0.1) is 11.9 Å². The second-order valence-corrected chi connectivity index (χ2v) is 8.04.